The molecule has 0 aliphatic rings. The molecule has 2 rings (SSSR count). The van der Waals surface area contributed by atoms with Gasteiger partial charge in [0.25, 0.3) is 0 Å². The van der Waals surface area contributed by atoms with Gasteiger partial charge in [-0.25, -0.2) is 15.0 Å². The van der Waals surface area contributed by atoms with Gasteiger partial charge in [0.15, 0.2) is 5.82 Å². The molecule has 0 spiro atoms. The Morgan fingerprint density at radius 1 is 1.12 bits per heavy atom. The molecule has 2 N–H and O–H groups in total. The highest BCUT2D eigenvalue weighted by Crippen LogP contribution is 2.12. The summed E-state index contributed by atoms with van der Waals surface area (Å²) in [6.07, 6.45) is 4.11. The fraction of sp³-hybridized carbons (Fsp3) is 0.273. The van der Waals surface area contributed by atoms with Crippen LogP contribution in [0.25, 0.3) is 11.4 Å². The Balaban J connectivity index is 2.41. The van der Waals surface area contributed by atoms with Crippen LogP contribution in [0.3, 0.4) is 0 Å². The Labute approximate surface area is 93.8 Å². The average Bonchev–Trinajstić information content (AvgIpc) is 2.30. The Kier molecular flexibility index (Phi) is 3.16. The number of aromatic nitrogens is 4. The van der Waals surface area contributed by atoms with E-state index in [0.717, 1.165) is 11.4 Å². The third-order valence-electron chi connectivity index (χ3n) is 2.10. The first kappa shape index (κ1) is 10.6. The number of rotatable bonds is 3. The third-order valence-corrected chi connectivity index (χ3v) is 2.10. The van der Waals surface area contributed by atoms with E-state index in [2.05, 4.69) is 19.9 Å². The first-order chi connectivity index (χ1) is 7.79. The quantitative estimate of drug-likeness (QED) is 0.817. The molecule has 0 radical (unpaired) electrons. The van der Waals surface area contributed by atoms with Gasteiger partial charge >= 0.3 is 0 Å². The van der Waals surface area contributed by atoms with Crippen LogP contribution >= 0.6 is 0 Å². The van der Waals surface area contributed by atoms with Gasteiger partial charge in [0, 0.05) is 24.4 Å². The van der Waals surface area contributed by atoms with Crippen molar-refractivity contribution in [2.45, 2.75) is 13.3 Å². The van der Waals surface area contributed by atoms with Gasteiger partial charge in [0.2, 0.25) is 0 Å². The smallest absolute Gasteiger partial charge is 0.163 e. The maximum absolute atomic E-state index is 5.49. The van der Waals surface area contributed by atoms with Crippen LogP contribution in [0.1, 0.15) is 11.6 Å². The van der Waals surface area contributed by atoms with E-state index >= 15 is 0 Å². The lowest BCUT2D eigenvalue weighted by Gasteiger charge is -2.03. The molecule has 0 bridgehead atoms. The van der Waals surface area contributed by atoms with Crippen LogP contribution < -0.4 is 5.73 Å². The number of pyridine rings is 1. The molecule has 0 aromatic carbocycles. The minimum absolute atomic E-state index is 0.541. The maximum atomic E-state index is 5.49. The van der Waals surface area contributed by atoms with E-state index in [1.165, 1.54) is 0 Å². The predicted octanol–water partition coefficient (Wildman–Crippen LogP) is 0.743. The lowest BCUT2D eigenvalue weighted by atomic mass is 10.2. The van der Waals surface area contributed by atoms with Gasteiger partial charge in [0.1, 0.15) is 11.6 Å². The Hall–Kier alpha value is -1.88. The summed E-state index contributed by atoms with van der Waals surface area (Å²) >= 11 is 0. The second-order valence-electron chi connectivity index (χ2n) is 3.40. The van der Waals surface area contributed by atoms with Crippen LogP contribution in [0.15, 0.2) is 24.5 Å². The molecule has 0 saturated carbocycles. The van der Waals surface area contributed by atoms with Crippen LogP contribution in [0.2, 0.25) is 0 Å². The number of nitrogens with zero attached hydrogens (tertiary/aromatic N) is 4. The molecule has 0 atom stereocenters. The molecule has 0 aliphatic carbocycles. The number of nitrogens with two attached hydrogens (primary N) is 1. The topological polar surface area (TPSA) is 77.6 Å². The monoisotopic (exact) mass is 215 g/mol. The van der Waals surface area contributed by atoms with E-state index in [1.54, 1.807) is 12.4 Å². The van der Waals surface area contributed by atoms with Crippen LogP contribution in [0, 0.1) is 6.92 Å². The van der Waals surface area contributed by atoms with Crippen molar-refractivity contribution in [1.82, 2.24) is 19.9 Å². The van der Waals surface area contributed by atoms with Crippen molar-refractivity contribution in [3.8, 4) is 11.4 Å². The second-order valence-corrected chi connectivity index (χ2v) is 3.40. The van der Waals surface area contributed by atoms with E-state index in [0.29, 0.717) is 24.6 Å². The first-order valence-electron chi connectivity index (χ1n) is 5.11. The maximum Gasteiger partial charge on any atom is 0.163 e. The Morgan fingerprint density at radius 3 is 2.56 bits per heavy atom. The molecular weight excluding hydrogens is 202 g/mol. The molecular formula is C11H13N5. The van der Waals surface area contributed by atoms with Crippen molar-refractivity contribution >= 4 is 0 Å². The van der Waals surface area contributed by atoms with Crippen molar-refractivity contribution in [3.63, 3.8) is 0 Å². The zero-order chi connectivity index (χ0) is 11.4. The molecule has 2 heterocycles. The Bertz CT molecular complexity index is 469. The molecule has 0 fully saturated rings. The minimum atomic E-state index is 0.541. The molecule has 5 nitrogen and oxygen atoms in total. The van der Waals surface area contributed by atoms with E-state index in [1.807, 2.05) is 19.1 Å². The molecule has 2 aromatic heterocycles. The summed E-state index contributed by atoms with van der Waals surface area (Å²) in [5, 5.41) is 0. The zero-order valence-corrected chi connectivity index (χ0v) is 9.09. The molecule has 0 aliphatic heterocycles. The van der Waals surface area contributed by atoms with E-state index < -0.39 is 0 Å². The number of hydrogen-bond donors (Lipinski definition) is 1. The highest BCUT2D eigenvalue weighted by molar-refractivity contribution is 5.53. The molecule has 0 saturated heterocycles. The van der Waals surface area contributed by atoms with Gasteiger partial charge < -0.3 is 5.73 Å². The molecule has 82 valence electrons. The number of hydrogen-bond acceptors (Lipinski definition) is 5. The lowest BCUT2D eigenvalue weighted by molar-refractivity contribution is 0.827. The average molecular weight is 215 g/mol. The van der Waals surface area contributed by atoms with Gasteiger partial charge in [0.05, 0.1) is 0 Å². The minimum Gasteiger partial charge on any atom is -0.330 e. The summed E-state index contributed by atoms with van der Waals surface area (Å²) in [5.74, 6) is 2.13. The highest BCUT2D eigenvalue weighted by atomic mass is 15.0. The van der Waals surface area contributed by atoms with Crippen LogP contribution in [-0.4, -0.2) is 26.5 Å². The van der Waals surface area contributed by atoms with Crippen molar-refractivity contribution < 1.29 is 0 Å². The van der Waals surface area contributed by atoms with Gasteiger partial charge in [-0.15, -0.1) is 0 Å². The largest absolute Gasteiger partial charge is 0.330 e. The summed E-state index contributed by atoms with van der Waals surface area (Å²) < 4.78 is 0. The molecule has 0 unspecified atom stereocenters. The fourth-order valence-corrected chi connectivity index (χ4v) is 1.41. The standard InChI is InChI=1S/C11H13N5/c1-8-14-10(2-5-12)16-11(15-8)9-3-6-13-7-4-9/h3-4,6-7H,2,5,12H2,1H3. The Morgan fingerprint density at radius 2 is 1.88 bits per heavy atom. The van der Waals surface area contributed by atoms with Crippen molar-refractivity contribution in [1.29, 1.82) is 0 Å². The van der Waals surface area contributed by atoms with Crippen LogP contribution in [-0.2, 0) is 6.42 Å². The SMILES string of the molecule is Cc1nc(CCN)nc(-c2ccncc2)n1. The lowest BCUT2D eigenvalue weighted by Crippen LogP contribution is -2.09. The second kappa shape index (κ2) is 4.76. The summed E-state index contributed by atoms with van der Waals surface area (Å²) in [4.78, 5) is 16.9. The van der Waals surface area contributed by atoms with Crippen molar-refractivity contribution in [2.24, 2.45) is 5.73 Å². The van der Waals surface area contributed by atoms with Gasteiger partial charge in [-0.1, -0.05) is 0 Å². The first-order valence-corrected chi connectivity index (χ1v) is 5.11. The molecule has 0 amide bonds. The number of aryl methyl sites for hydroxylation is 1. The molecule has 16 heavy (non-hydrogen) atoms. The van der Waals surface area contributed by atoms with E-state index in [4.69, 9.17) is 5.73 Å². The summed E-state index contributed by atoms with van der Waals surface area (Å²) in [7, 11) is 0. The molecule has 5 heteroatoms. The zero-order valence-electron chi connectivity index (χ0n) is 9.09. The predicted molar refractivity (Wildman–Crippen MR) is 60.6 cm³/mol. The molecule has 2 aromatic rings. The summed E-state index contributed by atoms with van der Waals surface area (Å²) in [6, 6.07) is 3.75. The normalized spacial score (nSPS) is 10.4. The van der Waals surface area contributed by atoms with E-state index in [9.17, 15) is 0 Å². The summed E-state index contributed by atoms with van der Waals surface area (Å²) in [5.41, 5.74) is 6.43. The third kappa shape index (κ3) is 2.38. The van der Waals surface area contributed by atoms with Gasteiger partial charge in [-0.2, -0.15) is 0 Å². The van der Waals surface area contributed by atoms with Crippen molar-refractivity contribution in [3.05, 3.63) is 36.2 Å². The van der Waals surface area contributed by atoms with Gasteiger partial charge in [-0.05, 0) is 25.6 Å². The fourth-order valence-electron chi connectivity index (χ4n) is 1.41. The van der Waals surface area contributed by atoms with Crippen LogP contribution in [0.4, 0.5) is 0 Å². The van der Waals surface area contributed by atoms with E-state index in [-0.39, 0.29) is 0 Å². The highest BCUT2D eigenvalue weighted by Gasteiger charge is 2.05. The van der Waals surface area contributed by atoms with Gasteiger partial charge in [-0.3, -0.25) is 4.98 Å². The van der Waals surface area contributed by atoms with Crippen molar-refractivity contribution in [2.75, 3.05) is 6.54 Å². The van der Waals surface area contributed by atoms with Crippen LogP contribution in [0.5, 0.6) is 0 Å². The summed E-state index contributed by atoms with van der Waals surface area (Å²) in [6.45, 7) is 2.39.